The van der Waals surface area contributed by atoms with Gasteiger partial charge < -0.3 is 10.2 Å². The van der Waals surface area contributed by atoms with Crippen LogP contribution in [0.1, 0.15) is 22.1 Å². The maximum Gasteiger partial charge on any atom is 0.253 e. The lowest BCUT2D eigenvalue weighted by atomic mass is 10.1. The zero-order valence-electron chi connectivity index (χ0n) is 12.0. The number of benzene rings is 1. The number of rotatable bonds is 4. The van der Waals surface area contributed by atoms with E-state index in [1.54, 1.807) is 6.20 Å². The van der Waals surface area contributed by atoms with Crippen molar-refractivity contribution in [2.24, 2.45) is 0 Å². The fourth-order valence-electron chi connectivity index (χ4n) is 2.11. The molecule has 2 aromatic rings. The molecule has 1 amide bonds. The fraction of sp³-hybridized carbons (Fsp3) is 0.333. The number of nitrogens with zero attached hydrogens (tertiary/aromatic N) is 2. The molecule has 0 unspecified atom stereocenters. The van der Waals surface area contributed by atoms with Crippen LogP contribution in [-0.2, 0) is 0 Å². The van der Waals surface area contributed by atoms with Crippen molar-refractivity contribution in [2.75, 3.05) is 27.2 Å². The van der Waals surface area contributed by atoms with Gasteiger partial charge in [0.2, 0.25) is 5.91 Å². The van der Waals surface area contributed by atoms with Gasteiger partial charge in [-0.2, -0.15) is 0 Å². The lowest BCUT2D eigenvalue weighted by molar-refractivity contribution is 0.0941. The quantitative estimate of drug-likeness (QED) is 0.920. The van der Waals surface area contributed by atoms with Crippen LogP contribution in [0.3, 0.4) is 0 Å². The maximum absolute atomic E-state index is 12.2. The molecule has 5 heteroatoms. The Hall–Kier alpha value is -2.14. The Labute approximate surface area is 118 Å². The van der Waals surface area contributed by atoms with Crippen molar-refractivity contribution in [3.05, 3.63) is 36.0 Å². The van der Waals surface area contributed by atoms with Gasteiger partial charge in [0.1, 0.15) is 0 Å². The molecule has 0 atom stereocenters. The second-order valence-corrected chi connectivity index (χ2v) is 5.01. The molecule has 0 radical (unpaired) electrons. The average Bonchev–Trinajstić information content (AvgIpc) is 2.78. The smallest absolute Gasteiger partial charge is 0.253 e. The van der Waals surface area contributed by atoms with Gasteiger partial charge in [0, 0.05) is 31.6 Å². The minimum atomic E-state index is -0.150. The minimum Gasteiger partial charge on any atom is -0.351 e. The monoisotopic (exact) mass is 273 g/mol. The highest BCUT2D eigenvalue weighted by Gasteiger charge is 2.15. The Morgan fingerprint density at radius 3 is 2.60 bits per heavy atom. The predicted molar refractivity (Wildman–Crippen MR) is 79.1 cm³/mol. The molecule has 1 heterocycles. The zero-order valence-corrected chi connectivity index (χ0v) is 12.0. The van der Waals surface area contributed by atoms with Crippen molar-refractivity contribution >= 4 is 22.7 Å². The molecule has 1 aromatic carbocycles. The molecule has 1 N–H and O–H groups in total. The first kappa shape index (κ1) is 14.3. The molecule has 106 valence electrons. The Bertz CT molecular complexity index is 644. The van der Waals surface area contributed by atoms with Crippen molar-refractivity contribution in [3.8, 4) is 0 Å². The van der Waals surface area contributed by atoms with Crippen LogP contribution >= 0.6 is 0 Å². The van der Waals surface area contributed by atoms with Gasteiger partial charge in [-0.05, 0) is 20.2 Å². The van der Waals surface area contributed by atoms with E-state index in [0.717, 1.165) is 17.4 Å². The van der Waals surface area contributed by atoms with Gasteiger partial charge in [0.25, 0.3) is 5.91 Å². The van der Waals surface area contributed by atoms with Crippen molar-refractivity contribution < 1.29 is 9.59 Å². The standard InChI is InChI=1S/C15H19N3O2/c1-11(19)18-10-13(12-6-4-5-7-14(12)18)15(20)16-8-9-17(2)3/h4-7,10H,8-9H2,1-3H3,(H,16,20). The highest BCUT2D eigenvalue weighted by Crippen LogP contribution is 2.21. The molecule has 1 aromatic heterocycles. The number of carbonyl (C=O) groups is 2. The number of hydrogen-bond acceptors (Lipinski definition) is 3. The maximum atomic E-state index is 12.2. The number of para-hydroxylation sites is 1. The van der Waals surface area contributed by atoms with Gasteiger partial charge in [-0.15, -0.1) is 0 Å². The summed E-state index contributed by atoms with van der Waals surface area (Å²) in [7, 11) is 3.90. The summed E-state index contributed by atoms with van der Waals surface area (Å²) in [5.41, 5.74) is 1.30. The topological polar surface area (TPSA) is 54.3 Å². The van der Waals surface area contributed by atoms with E-state index in [1.165, 1.54) is 11.5 Å². The molecular formula is C15H19N3O2. The third kappa shape index (κ3) is 2.88. The Morgan fingerprint density at radius 1 is 1.25 bits per heavy atom. The van der Waals surface area contributed by atoms with Gasteiger partial charge in [-0.3, -0.25) is 14.2 Å². The van der Waals surface area contributed by atoms with Crippen molar-refractivity contribution in [1.29, 1.82) is 0 Å². The second kappa shape index (κ2) is 5.88. The molecule has 0 aliphatic rings. The van der Waals surface area contributed by atoms with Gasteiger partial charge in [0.05, 0.1) is 11.1 Å². The SMILES string of the molecule is CC(=O)n1cc(C(=O)NCCN(C)C)c2ccccc21. The average molecular weight is 273 g/mol. The molecule has 0 saturated heterocycles. The lowest BCUT2D eigenvalue weighted by Crippen LogP contribution is -2.31. The van der Waals surface area contributed by atoms with E-state index >= 15 is 0 Å². The Morgan fingerprint density at radius 2 is 1.95 bits per heavy atom. The van der Waals surface area contributed by atoms with E-state index in [2.05, 4.69) is 5.32 Å². The number of amides is 1. The van der Waals surface area contributed by atoms with Crippen LogP contribution in [0.15, 0.2) is 30.5 Å². The van der Waals surface area contributed by atoms with Gasteiger partial charge in [0.15, 0.2) is 0 Å². The van der Waals surface area contributed by atoms with Crippen LogP contribution < -0.4 is 5.32 Å². The summed E-state index contributed by atoms with van der Waals surface area (Å²) >= 11 is 0. The number of likely N-dealkylation sites (N-methyl/N-ethyl adjacent to an activating group) is 1. The van der Waals surface area contributed by atoms with Crippen molar-refractivity contribution in [1.82, 2.24) is 14.8 Å². The van der Waals surface area contributed by atoms with Crippen LogP contribution in [0, 0.1) is 0 Å². The molecule has 0 aliphatic carbocycles. The zero-order chi connectivity index (χ0) is 14.7. The molecule has 0 spiro atoms. The van der Waals surface area contributed by atoms with Crippen molar-refractivity contribution in [2.45, 2.75) is 6.92 Å². The predicted octanol–water partition coefficient (Wildman–Crippen LogP) is 1.59. The molecule has 2 rings (SSSR count). The molecule has 0 bridgehead atoms. The number of fused-ring (bicyclic) bond motifs is 1. The van der Waals surface area contributed by atoms with E-state index in [0.29, 0.717) is 12.1 Å². The van der Waals surface area contributed by atoms with Crippen LogP contribution in [0.25, 0.3) is 10.9 Å². The van der Waals surface area contributed by atoms with Gasteiger partial charge >= 0.3 is 0 Å². The van der Waals surface area contributed by atoms with Gasteiger partial charge in [-0.25, -0.2) is 0 Å². The number of hydrogen-bond donors (Lipinski definition) is 1. The van der Waals surface area contributed by atoms with Crippen LogP contribution in [0.2, 0.25) is 0 Å². The first-order valence-corrected chi connectivity index (χ1v) is 6.54. The molecule has 5 nitrogen and oxygen atoms in total. The summed E-state index contributed by atoms with van der Waals surface area (Å²) in [5, 5.41) is 3.67. The van der Waals surface area contributed by atoms with Crippen LogP contribution in [0.4, 0.5) is 0 Å². The Balaban J connectivity index is 2.30. The summed E-state index contributed by atoms with van der Waals surface area (Å²) in [6.45, 7) is 2.84. The van der Waals surface area contributed by atoms with E-state index in [-0.39, 0.29) is 11.8 Å². The molecule has 0 fully saturated rings. The Kier molecular flexibility index (Phi) is 4.20. The normalized spacial score (nSPS) is 11.0. The van der Waals surface area contributed by atoms with Crippen LogP contribution in [0.5, 0.6) is 0 Å². The first-order valence-electron chi connectivity index (χ1n) is 6.54. The first-order chi connectivity index (χ1) is 9.50. The number of carbonyl (C=O) groups excluding carboxylic acids is 2. The molecule has 20 heavy (non-hydrogen) atoms. The summed E-state index contributed by atoms with van der Waals surface area (Å²) in [4.78, 5) is 25.8. The highest BCUT2D eigenvalue weighted by molar-refractivity contribution is 6.09. The largest absolute Gasteiger partial charge is 0.351 e. The summed E-state index contributed by atoms with van der Waals surface area (Å²) in [6, 6.07) is 7.42. The summed E-state index contributed by atoms with van der Waals surface area (Å²) in [6.07, 6.45) is 1.61. The summed E-state index contributed by atoms with van der Waals surface area (Å²) in [5.74, 6) is -0.253. The van der Waals surface area contributed by atoms with Gasteiger partial charge in [-0.1, -0.05) is 18.2 Å². The molecule has 0 aliphatic heterocycles. The summed E-state index contributed by atoms with van der Waals surface area (Å²) < 4.78 is 1.51. The number of nitrogens with one attached hydrogen (secondary N) is 1. The van der Waals surface area contributed by atoms with Crippen molar-refractivity contribution in [3.63, 3.8) is 0 Å². The fourth-order valence-corrected chi connectivity index (χ4v) is 2.11. The highest BCUT2D eigenvalue weighted by atomic mass is 16.2. The number of aromatic nitrogens is 1. The van der Waals surface area contributed by atoms with E-state index in [9.17, 15) is 9.59 Å². The molecule has 0 saturated carbocycles. The van der Waals surface area contributed by atoms with E-state index < -0.39 is 0 Å². The lowest BCUT2D eigenvalue weighted by Gasteiger charge is -2.09. The molecular weight excluding hydrogens is 254 g/mol. The minimum absolute atomic E-state index is 0.103. The van der Waals surface area contributed by atoms with E-state index in [1.807, 2.05) is 43.3 Å². The third-order valence-corrected chi connectivity index (χ3v) is 3.14. The second-order valence-electron chi connectivity index (χ2n) is 5.01. The third-order valence-electron chi connectivity index (χ3n) is 3.14. The van der Waals surface area contributed by atoms with Crippen LogP contribution in [-0.4, -0.2) is 48.5 Å². The van der Waals surface area contributed by atoms with E-state index in [4.69, 9.17) is 0 Å².